The molecule has 144 valence electrons. The molecule has 1 saturated carbocycles. The van der Waals surface area contributed by atoms with E-state index in [0.717, 1.165) is 25.8 Å². The maximum Gasteiger partial charge on any atom is 0.240 e. The Morgan fingerprint density at radius 2 is 1.89 bits per heavy atom. The smallest absolute Gasteiger partial charge is 0.240 e. The first-order valence-corrected chi connectivity index (χ1v) is 11.0. The third kappa shape index (κ3) is 4.54. The van der Waals surface area contributed by atoms with E-state index in [1.807, 2.05) is 17.0 Å². The van der Waals surface area contributed by atoms with E-state index in [1.54, 1.807) is 0 Å². The van der Waals surface area contributed by atoms with Crippen LogP contribution in [0.5, 0.6) is 0 Å². The third-order valence-electron chi connectivity index (χ3n) is 5.74. The molecule has 0 aromatic heterocycles. The number of aliphatic imine (C=N–C) groups is 1. The molecular weight excluding hydrogens is 358 g/mol. The quantitative estimate of drug-likeness (QED) is 0.813. The fourth-order valence-corrected chi connectivity index (χ4v) is 5.18. The molecule has 1 aliphatic carbocycles. The zero-order valence-electron chi connectivity index (χ0n) is 15.7. The molecule has 1 aromatic rings. The zero-order chi connectivity index (χ0) is 18.6. The Hall–Kier alpha value is -1.82. The van der Waals surface area contributed by atoms with Crippen molar-refractivity contribution in [3.05, 3.63) is 35.4 Å². The molecule has 0 radical (unpaired) electrons. The van der Waals surface area contributed by atoms with Crippen LogP contribution in [-0.4, -0.2) is 39.7 Å². The van der Waals surface area contributed by atoms with Gasteiger partial charge >= 0.3 is 0 Å². The first-order valence-electron chi connectivity index (χ1n) is 10.1. The van der Waals surface area contributed by atoms with E-state index in [1.165, 1.54) is 48.6 Å². The van der Waals surface area contributed by atoms with E-state index in [9.17, 15) is 9.59 Å². The lowest BCUT2D eigenvalue weighted by atomic mass is 9.99. The Bertz CT molecular complexity index is 741. The number of amidine groups is 1. The summed E-state index contributed by atoms with van der Waals surface area (Å²) in [5.74, 6) is -0.00833. The average molecular weight is 386 g/mol. The van der Waals surface area contributed by atoms with Gasteiger partial charge in [0.05, 0.1) is 6.04 Å². The number of hydrogen-bond acceptors (Lipinski definition) is 4. The first kappa shape index (κ1) is 18.5. The van der Waals surface area contributed by atoms with Crippen LogP contribution < -0.4 is 5.32 Å². The highest BCUT2D eigenvalue weighted by Crippen LogP contribution is 2.27. The van der Waals surface area contributed by atoms with Gasteiger partial charge in [-0.1, -0.05) is 61.7 Å². The second-order valence-electron chi connectivity index (χ2n) is 7.71. The van der Waals surface area contributed by atoms with Crippen LogP contribution in [0.2, 0.25) is 0 Å². The van der Waals surface area contributed by atoms with Crippen molar-refractivity contribution in [2.45, 2.75) is 69.2 Å². The molecular formula is C21H27N3O2S. The van der Waals surface area contributed by atoms with E-state index in [0.29, 0.717) is 17.8 Å². The Balaban J connectivity index is 1.34. The largest absolute Gasteiger partial charge is 0.338 e. The summed E-state index contributed by atoms with van der Waals surface area (Å²) < 4.78 is 0. The van der Waals surface area contributed by atoms with Crippen LogP contribution in [0.4, 0.5) is 0 Å². The highest BCUT2D eigenvalue weighted by Gasteiger charge is 2.34. The molecule has 2 amide bonds. The van der Waals surface area contributed by atoms with Gasteiger partial charge in [-0.2, -0.15) is 0 Å². The standard InChI is InChI=1S/C21H27N3O2S/c25-19(24-12-11-15-7-5-6-8-16(15)14-24)13-18-20(26)23-21(27-18)22-17-9-3-1-2-4-10-17/h5-8,17-18H,1-4,9-14H2,(H,22,23,26). The summed E-state index contributed by atoms with van der Waals surface area (Å²) in [5.41, 5.74) is 2.54. The highest BCUT2D eigenvalue weighted by atomic mass is 32.2. The van der Waals surface area contributed by atoms with Gasteiger partial charge in [0.2, 0.25) is 11.8 Å². The van der Waals surface area contributed by atoms with Gasteiger partial charge in [0, 0.05) is 19.5 Å². The second-order valence-corrected chi connectivity index (χ2v) is 8.90. The van der Waals surface area contributed by atoms with Gasteiger partial charge in [-0.15, -0.1) is 0 Å². The molecule has 1 N–H and O–H groups in total. The van der Waals surface area contributed by atoms with E-state index in [4.69, 9.17) is 4.99 Å². The Kier molecular flexibility index (Phi) is 5.81. The fraction of sp³-hybridized carbons (Fsp3) is 0.571. The summed E-state index contributed by atoms with van der Waals surface area (Å²) in [7, 11) is 0. The van der Waals surface area contributed by atoms with Gasteiger partial charge < -0.3 is 10.2 Å². The predicted octanol–water partition coefficient (Wildman–Crippen LogP) is 3.27. The minimum absolute atomic E-state index is 0.0628. The molecule has 1 saturated heterocycles. The molecule has 1 aromatic carbocycles. The lowest BCUT2D eigenvalue weighted by molar-refractivity contribution is -0.133. The monoisotopic (exact) mass is 385 g/mol. The van der Waals surface area contributed by atoms with Crippen molar-refractivity contribution >= 4 is 28.7 Å². The normalized spacial score (nSPS) is 25.2. The van der Waals surface area contributed by atoms with Crippen molar-refractivity contribution in [1.29, 1.82) is 0 Å². The van der Waals surface area contributed by atoms with Crippen LogP contribution in [0.3, 0.4) is 0 Å². The van der Waals surface area contributed by atoms with Crippen LogP contribution in [0.25, 0.3) is 0 Å². The Morgan fingerprint density at radius 3 is 2.67 bits per heavy atom. The van der Waals surface area contributed by atoms with Gasteiger partial charge in [-0.25, -0.2) is 0 Å². The number of thioether (sulfide) groups is 1. The first-order chi connectivity index (χ1) is 13.2. The van der Waals surface area contributed by atoms with Gasteiger partial charge in [-0.05, 0) is 30.4 Å². The molecule has 4 rings (SSSR count). The number of amides is 2. The molecule has 5 nitrogen and oxygen atoms in total. The molecule has 0 bridgehead atoms. The fourth-order valence-electron chi connectivity index (χ4n) is 4.15. The second kappa shape index (κ2) is 8.46. The van der Waals surface area contributed by atoms with E-state index < -0.39 is 0 Å². The van der Waals surface area contributed by atoms with Crippen molar-refractivity contribution in [2.24, 2.45) is 4.99 Å². The van der Waals surface area contributed by atoms with Gasteiger partial charge in [0.15, 0.2) is 5.17 Å². The highest BCUT2D eigenvalue weighted by molar-refractivity contribution is 8.15. The van der Waals surface area contributed by atoms with Crippen LogP contribution in [0.15, 0.2) is 29.3 Å². The Labute approximate surface area is 165 Å². The SMILES string of the molecule is O=C1NC(=NC2CCCCCC2)SC1CC(=O)N1CCc2ccccc2C1. The summed E-state index contributed by atoms with van der Waals surface area (Å²) >= 11 is 1.44. The van der Waals surface area contributed by atoms with E-state index in [2.05, 4.69) is 17.4 Å². The maximum atomic E-state index is 12.7. The number of rotatable bonds is 3. The van der Waals surface area contributed by atoms with Gasteiger partial charge in [0.1, 0.15) is 5.25 Å². The molecule has 2 fully saturated rings. The van der Waals surface area contributed by atoms with Crippen LogP contribution >= 0.6 is 11.8 Å². The number of carbonyl (C=O) groups excluding carboxylic acids is 2. The number of nitrogens with zero attached hydrogens (tertiary/aromatic N) is 2. The number of fused-ring (bicyclic) bond motifs is 1. The van der Waals surface area contributed by atoms with Gasteiger partial charge in [0.25, 0.3) is 0 Å². The third-order valence-corrected chi connectivity index (χ3v) is 6.84. The Morgan fingerprint density at radius 1 is 1.15 bits per heavy atom. The molecule has 2 heterocycles. The molecule has 1 atom stereocenters. The summed E-state index contributed by atoms with van der Waals surface area (Å²) in [6.07, 6.45) is 8.38. The number of carbonyl (C=O) groups is 2. The minimum atomic E-state index is -0.348. The summed E-state index contributed by atoms with van der Waals surface area (Å²) in [6.45, 7) is 1.38. The molecule has 27 heavy (non-hydrogen) atoms. The van der Waals surface area contributed by atoms with Crippen LogP contribution in [0.1, 0.15) is 56.1 Å². The topological polar surface area (TPSA) is 61.8 Å². The van der Waals surface area contributed by atoms with Crippen molar-refractivity contribution < 1.29 is 9.59 Å². The predicted molar refractivity (Wildman–Crippen MR) is 109 cm³/mol. The van der Waals surface area contributed by atoms with E-state index in [-0.39, 0.29) is 23.5 Å². The van der Waals surface area contributed by atoms with Crippen molar-refractivity contribution in [1.82, 2.24) is 10.2 Å². The summed E-state index contributed by atoms with van der Waals surface area (Å²) in [4.78, 5) is 31.7. The number of benzene rings is 1. The van der Waals surface area contributed by atoms with Crippen LogP contribution in [0, 0.1) is 0 Å². The molecule has 2 aliphatic heterocycles. The molecule has 3 aliphatic rings. The van der Waals surface area contributed by atoms with Crippen molar-refractivity contribution in [2.75, 3.05) is 6.54 Å². The summed E-state index contributed by atoms with van der Waals surface area (Å²) in [5, 5.41) is 3.27. The average Bonchev–Trinajstić information content (AvgIpc) is 2.86. The van der Waals surface area contributed by atoms with Gasteiger partial charge in [-0.3, -0.25) is 14.6 Å². The van der Waals surface area contributed by atoms with E-state index >= 15 is 0 Å². The van der Waals surface area contributed by atoms with Crippen LogP contribution in [-0.2, 0) is 22.6 Å². The maximum absolute atomic E-state index is 12.7. The zero-order valence-corrected chi connectivity index (χ0v) is 16.5. The molecule has 0 spiro atoms. The minimum Gasteiger partial charge on any atom is -0.338 e. The number of nitrogens with one attached hydrogen (secondary N) is 1. The molecule has 6 heteroatoms. The lowest BCUT2D eigenvalue weighted by Crippen LogP contribution is -2.38. The lowest BCUT2D eigenvalue weighted by Gasteiger charge is -2.29. The van der Waals surface area contributed by atoms with Crippen molar-refractivity contribution in [3.63, 3.8) is 0 Å². The summed E-state index contributed by atoms with van der Waals surface area (Å²) in [6, 6.07) is 8.61. The van der Waals surface area contributed by atoms with Crippen molar-refractivity contribution in [3.8, 4) is 0 Å². The number of hydrogen-bond donors (Lipinski definition) is 1. The molecule has 1 unspecified atom stereocenters.